The number of anilines is 1. The van der Waals surface area contributed by atoms with Crippen molar-refractivity contribution in [3.63, 3.8) is 0 Å². The maximum atomic E-state index is 12.3. The second-order valence-electron chi connectivity index (χ2n) is 7.11. The number of allylic oxidation sites excluding steroid dienone is 2. The molecule has 2 aromatic carbocycles. The van der Waals surface area contributed by atoms with Crippen LogP contribution in [-0.2, 0) is 4.74 Å². The number of benzene rings is 2. The van der Waals surface area contributed by atoms with Crippen LogP contribution in [0.3, 0.4) is 0 Å². The second-order valence-corrected chi connectivity index (χ2v) is 7.11. The Bertz CT molecular complexity index is 946. The highest BCUT2D eigenvalue weighted by molar-refractivity contribution is 5.94. The van der Waals surface area contributed by atoms with Gasteiger partial charge in [-0.2, -0.15) is 0 Å². The van der Waals surface area contributed by atoms with E-state index in [-0.39, 0.29) is 29.4 Å². The lowest BCUT2D eigenvalue weighted by Crippen LogP contribution is -2.31. The van der Waals surface area contributed by atoms with Crippen molar-refractivity contribution < 1.29 is 19.4 Å². The van der Waals surface area contributed by atoms with E-state index in [1.54, 1.807) is 12.1 Å². The molecule has 1 heterocycles. The lowest BCUT2D eigenvalue weighted by molar-refractivity contribution is 0.0597. The van der Waals surface area contributed by atoms with Crippen LogP contribution in [0.25, 0.3) is 0 Å². The van der Waals surface area contributed by atoms with E-state index < -0.39 is 5.97 Å². The van der Waals surface area contributed by atoms with Crippen LogP contribution >= 0.6 is 0 Å². The maximum absolute atomic E-state index is 12.3. The predicted molar refractivity (Wildman–Crippen MR) is 102 cm³/mol. The fourth-order valence-corrected chi connectivity index (χ4v) is 4.31. The molecule has 5 heteroatoms. The fourth-order valence-electron chi connectivity index (χ4n) is 4.31. The highest BCUT2D eigenvalue weighted by atomic mass is 16.5. The lowest BCUT2D eigenvalue weighted by Gasteiger charge is -2.39. The number of carbonyl (C=O) groups is 2. The first kappa shape index (κ1) is 17.3. The molecule has 138 valence electrons. The molecule has 27 heavy (non-hydrogen) atoms. The molecule has 1 aliphatic heterocycles. The van der Waals surface area contributed by atoms with E-state index in [1.165, 1.54) is 7.11 Å². The van der Waals surface area contributed by atoms with Crippen molar-refractivity contribution in [1.82, 2.24) is 0 Å². The molecular weight excluding hydrogens is 342 g/mol. The Hall–Kier alpha value is -3.08. The molecule has 0 radical (unpaired) electrons. The summed E-state index contributed by atoms with van der Waals surface area (Å²) in [6.45, 7) is 2.02. The van der Waals surface area contributed by atoms with Crippen LogP contribution in [0.5, 0.6) is 0 Å². The zero-order valence-electron chi connectivity index (χ0n) is 15.2. The summed E-state index contributed by atoms with van der Waals surface area (Å²) in [5, 5.41) is 12.8. The number of carboxylic acids is 1. The van der Waals surface area contributed by atoms with Crippen LogP contribution in [0.2, 0.25) is 0 Å². The van der Waals surface area contributed by atoms with E-state index in [0.717, 1.165) is 28.8 Å². The summed E-state index contributed by atoms with van der Waals surface area (Å²) < 4.78 is 4.99. The minimum absolute atomic E-state index is 0.0481. The van der Waals surface area contributed by atoms with Crippen molar-refractivity contribution >= 4 is 17.6 Å². The van der Waals surface area contributed by atoms with E-state index in [9.17, 15) is 9.59 Å². The van der Waals surface area contributed by atoms with Gasteiger partial charge in [0.25, 0.3) is 0 Å². The molecule has 2 aromatic rings. The molecule has 0 saturated carbocycles. The van der Waals surface area contributed by atoms with Crippen LogP contribution in [0, 0.1) is 12.8 Å². The van der Waals surface area contributed by atoms with Crippen LogP contribution < -0.4 is 5.32 Å². The highest BCUT2D eigenvalue weighted by Gasteiger charge is 2.40. The van der Waals surface area contributed by atoms with Gasteiger partial charge in [0.15, 0.2) is 0 Å². The first-order valence-corrected chi connectivity index (χ1v) is 8.99. The van der Waals surface area contributed by atoms with Gasteiger partial charge < -0.3 is 15.2 Å². The largest absolute Gasteiger partial charge is 0.478 e. The SMILES string of the molecule is COC(=O)c1ccc(C)c2c1[C@H]1C=CC[C@@H]1[C@@H](c1ccc(C(=O)O)cc1)N2. The number of hydrogen-bond donors (Lipinski definition) is 2. The van der Waals surface area contributed by atoms with Crippen LogP contribution in [0.4, 0.5) is 5.69 Å². The number of aryl methyl sites for hydroxylation is 1. The van der Waals surface area contributed by atoms with Crippen LogP contribution in [-0.4, -0.2) is 24.2 Å². The Morgan fingerprint density at radius 2 is 1.89 bits per heavy atom. The maximum Gasteiger partial charge on any atom is 0.338 e. The van der Waals surface area contributed by atoms with Gasteiger partial charge in [0.2, 0.25) is 0 Å². The zero-order valence-corrected chi connectivity index (χ0v) is 15.2. The van der Waals surface area contributed by atoms with Crippen molar-refractivity contribution in [2.45, 2.75) is 25.3 Å². The number of nitrogens with one attached hydrogen (secondary N) is 1. The molecule has 0 saturated heterocycles. The number of fused-ring (bicyclic) bond motifs is 3. The first-order chi connectivity index (χ1) is 13.0. The number of ether oxygens (including phenoxy) is 1. The normalized spacial score (nSPS) is 22.5. The third-order valence-electron chi connectivity index (χ3n) is 5.65. The van der Waals surface area contributed by atoms with Crippen molar-refractivity contribution in [3.05, 3.63) is 76.4 Å². The summed E-state index contributed by atoms with van der Waals surface area (Å²) in [5.74, 6) is -0.864. The molecule has 1 aliphatic carbocycles. The zero-order chi connectivity index (χ0) is 19.1. The third kappa shape index (κ3) is 2.79. The van der Waals surface area contributed by atoms with Gasteiger partial charge in [0.1, 0.15) is 0 Å². The monoisotopic (exact) mass is 363 g/mol. The first-order valence-electron chi connectivity index (χ1n) is 8.99. The van der Waals surface area contributed by atoms with Gasteiger partial charge in [-0.25, -0.2) is 9.59 Å². The summed E-state index contributed by atoms with van der Waals surface area (Å²) >= 11 is 0. The molecule has 0 fully saturated rings. The summed E-state index contributed by atoms with van der Waals surface area (Å²) in [6, 6.07) is 10.9. The molecule has 5 nitrogen and oxygen atoms in total. The lowest BCUT2D eigenvalue weighted by atomic mass is 9.74. The highest BCUT2D eigenvalue weighted by Crippen LogP contribution is 2.51. The second kappa shape index (κ2) is 6.58. The van der Waals surface area contributed by atoms with E-state index in [2.05, 4.69) is 17.5 Å². The number of esters is 1. The Balaban J connectivity index is 1.80. The minimum Gasteiger partial charge on any atom is -0.478 e. The Morgan fingerprint density at radius 1 is 1.15 bits per heavy atom. The molecule has 0 spiro atoms. The summed E-state index contributed by atoms with van der Waals surface area (Å²) in [7, 11) is 1.40. The molecule has 0 bridgehead atoms. The summed E-state index contributed by atoms with van der Waals surface area (Å²) in [5.41, 5.74) is 4.97. The molecular formula is C22H21NO4. The summed E-state index contributed by atoms with van der Waals surface area (Å²) in [4.78, 5) is 23.4. The fraction of sp³-hybridized carbons (Fsp3) is 0.273. The number of hydrogen-bond acceptors (Lipinski definition) is 4. The summed E-state index contributed by atoms with van der Waals surface area (Å²) in [6.07, 6.45) is 5.24. The number of aromatic carboxylic acids is 1. The van der Waals surface area contributed by atoms with Gasteiger partial charge in [-0.05, 0) is 54.2 Å². The number of methoxy groups -OCH3 is 1. The van der Waals surface area contributed by atoms with Crippen LogP contribution in [0.15, 0.2) is 48.6 Å². The van der Waals surface area contributed by atoms with Crippen molar-refractivity contribution in [3.8, 4) is 0 Å². The topological polar surface area (TPSA) is 75.6 Å². The van der Waals surface area contributed by atoms with Gasteiger partial charge >= 0.3 is 11.9 Å². The van der Waals surface area contributed by atoms with E-state index >= 15 is 0 Å². The Morgan fingerprint density at radius 3 is 2.56 bits per heavy atom. The van der Waals surface area contributed by atoms with Gasteiger partial charge in [0, 0.05) is 11.6 Å². The van der Waals surface area contributed by atoms with Crippen molar-refractivity contribution in [2.75, 3.05) is 12.4 Å². The van der Waals surface area contributed by atoms with Gasteiger partial charge in [-0.15, -0.1) is 0 Å². The molecule has 0 unspecified atom stereocenters. The Labute approximate surface area is 157 Å². The quantitative estimate of drug-likeness (QED) is 0.628. The Kier molecular flexibility index (Phi) is 4.22. The van der Waals surface area contributed by atoms with E-state index in [0.29, 0.717) is 5.56 Å². The standard InChI is InChI=1S/C22H21NO4/c1-12-6-11-17(22(26)27-2)18-15-4-3-5-16(15)20(23-19(12)18)13-7-9-14(10-8-13)21(24)25/h3-4,6-11,15-16,20,23H,5H2,1-2H3,(H,24,25)/t15-,16-,20+/m0/s1. The number of carboxylic acid groups (broad SMARTS) is 1. The predicted octanol–water partition coefficient (Wildman–Crippen LogP) is 4.31. The smallest absolute Gasteiger partial charge is 0.338 e. The molecule has 3 atom stereocenters. The molecule has 0 aromatic heterocycles. The molecule has 2 N–H and O–H groups in total. The van der Waals surface area contributed by atoms with Crippen molar-refractivity contribution in [1.29, 1.82) is 0 Å². The van der Waals surface area contributed by atoms with Gasteiger partial charge in [-0.1, -0.05) is 30.4 Å². The van der Waals surface area contributed by atoms with Crippen LogP contribution in [0.1, 0.15) is 55.8 Å². The molecule has 0 amide bonds. The molecule has 2 aliphatic rings. The average molecular weight is 363 g/mol. The van der Waals surface area contributed by atoms with E-state index in [1.807, 2.05) is 31.2 Å². The van der Waals surface area contributed by atoms with E-state index in [4.69, 9.17) is 9.84 Å². The average Bonchev–Trinajstić information content (AvgIpc) is 3.17. The number of rotatable bonds is 3. The van der Waals surface area contributed by atoms with Gasteiger partial charge in [0.05, 0.1) is 24.3 Å². The third-order valence-corrected chi connectivity index (χ3v) is 5.65. The van der Waals surface area contributed by atoms with Gasteiger partial charge in [-0.3, -0.25) is 0 Å². The minimum atomic E-state index is -0.928. The van der Waals surface area contributed by atoms with Crippen molar-refractivity contribution in [2.24, 2.45) is 5.92 Å². The molecule has 4 rings (SSSR count). The number of carbonyl (C=O) groups excluding carboxylic acids is 1.